The molecule has 2 heterocycles. The Balaban J connectivity index is 0.00000392. The molecule has 0 aliphatic heterocycles. The summed E-state index contributed by atoms with van der Waals surface area (Å²) in [5, 5.41) is 11.1. The fraction of sp³-hybridized carbons (Fsp3) is 0.550. The normalized spacial score (nSPS) is 11.1. The van der Waals surface area contributed by atoms with Crippen molar-refractivity contribution in [2.24, 2.45) is 4.99 Å². The van der Waals surface area contributed by atoms with E-state index in [-0.39, 0.29) is 24.0 Å². The second-order valence-corrected chi connectivity index (χ2v) is 6.48. The second-order valence-electron chi connectivity index (χ2n) is 6.48. The quantitative estimate of drug-likeness (QED) is 0.226. The van der Waals surface area contributed by atoms with Crippen LogP contribution in [0.15, 0.2) is 29.4 Å². The van der Waals surface area contributed by atoms with Gasteiger partial charge in [0.15, 0.2) is 5.96 Å². The smallest absolute Gasteiger partial charge is 0.213 e. The Labute approximate surface area is 185 Å². The van der Waals surface area contributed by atoms with Gasteiger partial charge in [0.05, 0.1) is 18.8 Å². The van der Waals surface area contributed by atoms with Gasteiger partial charge in [0, 0.05) is 37.6 Å². The van der Waals surface area contributed by atoms with Crippen molar-refractivity contribution in [3.63, 3.8) is 0 Å². The maximum atomic E-state index is 5.51. The molecule has 0 bridgehead atoms. The number of nitrogens with one attached hydrogen (secondary N) is 2. The number of hydrogen-bond donors (Lipinski definition) is 2. The molecule has 0 saturated carbocycles. The molecule has 2 aromatic rings. The van der Waals surface area contributed by atoms with Gasteiger partial charge in [-0.3, -0.25) is 4.68 Å². The van der Waals surface area contributed by atoms with E-state index in [9.17, 15) is 0 Å². The predicted octanol–water partition coefficient (Wildman–Crippen LogP) is 3.45. The van der Waals surface area contributed by atoms with Gasteiger partial charge in [0.25, 0.3) is 0 Å². The van der Waals surface area contributed by atoms with Crippen LogP contribution in [0.4, 0.5) is 0 Å². The first-order valence-electron chi connectivity index (χ1n) is 9.73. The zero-order valence-electron chi connectivity index (χ0n) is 17.4. The average molecular weight is 500 g/mol. The number of hydrogen-bond acceptors (Lipinski definition) is 4. The van der Waals surface area contributed by atoms with Gasteiger partial charge in [0.2, 0.25) is 5.88 Å². The molecule has 0 aromatic carbocycles. The van der Waals surface area contributed by atoms with Crippen LogP contribution in [0, 0.1) is 13.8 Å². The average Bonchev–Trinajstić information content (AvgIpc) is 2.99. The van der Waals surface area contributed by atoms with Gasteiger partial charge in [-0.2, -0.15) is 5.10 Å². The molecule has 7 nitrogen and oxygen atoms in total. The molecule has 2 N–H and O–H groups in total. The van der Waals surface area contributed by atoms with E-state index in [4.69, 9.17) is 4.74 Å². The van der Waals surface area contributed by atoms with Crippen molar-refractivity contribution in [1.29, 1.82) is 0 Å². The molecule has 0 spiro atoms. The van der Waals surface area contributed by atoms with Gasteiger partial charge >= 0.3 is 0 Å². The first-order chi connectivity index (χ1) is 13.1. The lowest BCUT2D eigenvalue weighted by Gasteiger charge is -2.12. The molecule has 0 unspecified atom stereocenters. The molecule has 2 rings (SSSR count). The molecule has 2 aromatic heterocycles. The lowest BCUT2D eigenvalue weighted by Crippen LogP contribution is -2.38. The second kappa shape index (κ2) is 13.4. The summed E-state index contributed by atoms with van der Waals surface area (Å²) < 4.78 is 7.56. The Morgan fingerprint density at radius 1 is 1.21 bits per heavy atom. The summed E-state index contributed by atoms with van der Waals surface area (Å²) in [4.78, 5) is 8.95. The fourth-order valence-corrected chi connectivity index (χ4v) is 2.65. The molecular formula is C20H33IN6O. The number of aryl methyl sites for hydroxylation is 3. The summed E-state index contributed by atoms with van der Waals surface area (Å²) in [5.74, 6) is 1.48. The van der Waals surface area contributed by atoms with Crippen LogP contribution in [0.1, 0.15) is 43.6 Å². The Morgan fingerprint density at radius 3 is 2.64 bits per heavy atom. The predicted molar refractivity (Wildman–Crippen MR) is 125 cm³/mol. The molecule has 156 valence electrons. The highest BCUT2D eigenvalue weighted by atomic mass is 127. The van der Waals surface area contributed by atoms with Gasteiger partial charge in [0.1, 0.15) is 0 Å². The van der Waals surface area contributed by atoms with Crippen molar-refractivity contribution < 1.29 is 4.74 Å². The Bertz CT molecular complexity index is 714. The zero-order valence-corrected chi connectivity index (χ0v) is 19.7. The highest BCUT2D eigenvalue weighted by Crippen LogP contribution is 2.08. The lowest BCUT2D eigenvalue weighted by molar-refractivity contribution is 0.305. The van der Waals surface area contributed by atoms with E-state index < -0.39 is 0 Å². The molecule has 0 saturated heterocycles. The van der Waals surface area contributed by atoms with Crippen LogP contribution < -0.4 is 15.4 Å². The summed E-state index contributed by atoms with van der Waals surface area (Å²) in [6, 6.07) is 6.01. The molecule has 0 aliphatic rings. The summed E-state index contributed by atoms with van der Waals surface area (Å²) in [5.41, 5.74) is 3.32. The summed E-state index contributed by atoms with van der Waals surface area (Å²) in [6.45, 7) is 12.1. The van der Waals surface area contributed by atoms with Gasteiger partial charge in [-0.05, 0) is 45.2 Å². The number of guanidine groups is 1. The number of pyridine rings is 1. The molecular weight excluding hydrogens is 467 g/mol. The van der Waals surface area contributed by atoms with Crippen LogP contribution in [0.3, 0.4) is 0 Å². The minimum absolute atomic E-state index is 0. The summed E-state index contributed by atoms with van der Waals surface area (Å²) in [7, 11) is 0. The molecule has 0 aliphatic carbocycles. The van der Waals surface area contributed by atoms with Crippen LogP contribution in [-0.2, 0) is 13.1 Å². The van der Waals surface area contributed by atoms with E-state index in [1.54, 1.807) is 0 Å². The standard InChI is InChI=1S/C20H32N6O.HI/c1-5-12-27-19-9-8-18(14-23-19)15-24-20(21-6-2)22-10-7-11-26-17(4)13-16(3)25-26;/h8-9,13-14H,5-7,10-12,15H2,1-4H3,(H2,21,22,24);1H. The first-order valence-corrected chi connectivity index (χ1v) is 9.73. The summed E-state index contributed by atoms with van der Waals surface area (Å²) >= 11 is 0. The third-order valence-electron chi connectivity index (χ3n) is 3.96. The zero-order chi connectivity index (χ0) is 19.5. The van der Waals surface area contributed by atoms with Crippen LogP contribution in [0.25, 0.3) is 0 Å². The van der Waals surface area contributed by atoms with Crippen LogP contribution in [-0.4, -0.2) is 40.4 Å². The van der Waals surface area contributed by atoms with Crippen LogP contribution >= 0.6 is 24.0 Å². The minimum Gasteiger partial charge on any atom is -0.478 e. The fourth-order valence-electron chi connectivity index (χ4n) is 2.65. The van der Waals surface area contributed by atoms with Gasteiger partial charge in [-0.15, -0.1) is 24.0 Å². The lowest BCUT2D eigenvalue weighted by atomic mass is 10.3. The van der Waals surface area contributed by atoms with Crippen molar-refractivity contribution in [3.8, 4) is 5.88 Å². The van der Waals surface area contributed by atoms with Crippen molar-refractivity contribution in [1.82, 2.24) is 25.4 Å². The molecule has 0 atom stereocenters. The van der Waals surface area contributed by atoms with Gasteiger partial charge in [-0.1, -0.05) is 13.0 Å². The third-order valence-corrected chi connectivity index (χ3v) is 3.96. The van der Waals surface area contributed by atoms with Crippen molar-refractivity contribution in [2.75, 3.05) is 19.7 Å². The van der Waals surface area contributed by atoms with E-state index in [0.717, 1.165) is 49.7 Å². The van der Waals surface area contributed by atoms with Crippen molar-refractivity contribution >= 4 is 29.9 Å². The number of aromatic nitrogens is 3. The number of rotatable bonds is 10. The Morgan fingerprint density at radius 2 is 2.04 bits per heavy atom. The number of nitrogens with zero attached hydrogens (tertiary/aromatic N) is 4. The molecule has 8 heteroatoms. The minimum atomic E-state index is 0. The largest absolute Gasteiger partial charge is 0.478 e. The Hall–Kier alpha value is -1.84. The van der Waals surface area contributed by atoms with E-state index in [1.807, 2.05) is 25.3 Å². The van der Waals surface area contributed by atoms with Crippen molar-refractivity contribution in [2.45, 2.75) is 53.6 Å². The number of halogens is 1. The first kappa shape index (κ1) is 24.2. The molecule has 0 amide bonds. The van der Waals surface area contributed by atoms with Crippen LogP contribution in [0.2, 0.25) is 0 Å². The monoisotopic (exact) mass is 500 g/mol. The topological polar surface area (TPSA) is 76.4 Å². The SMILES string of the molecule is CCCOc1ccc(CN=C(NCC)NCCCn2nc(C)cc2C)cn1.I. The summed E-state index contributed by atoms with van der Waals surface area (Å²) in [6.07, 6.45) is 3.78. The maximum absolute atomic E-state index is 5.51. The van der Waals surface area contributed by atoms with E-state index in [2.05, 4.69) is 57.2 Å². The van der Waals surface area contributed by atoms with E-state index >= 15 is 0 Å². The van der Waals surface area contributed by atoms with E-state index in [0.29, 0.717) is 19.0 Å². The van der Waals surface area contributed by atoms with Crippen LogP contribution in [0.5, 0.6) is 5.88 Å². The van der Waals surface area contributed by atoms with Crippen molar-refractivity contribution in [3.05, 3.63) is 41.3 Å². The molecule has 0 radical (unpaired) electrons. The number of aliphatic imine (C=N–C) groups is 1. The van der Waals surface area contributed by atoms with Gasteiger partial charge < -0.3 is 15.4 Å². The highest BCUT2D eigenvalue weighted by molar-refractivity contribution is 14.0. The van der Waals surface area contributed by atoms with Gasteiger partial charge in [-0.25, -0.2) is 9.98 Å². The number of ether oxygens (including phenoxy) is 1. The molecule has 28 heavy (non-hydrogen) atoms. The maximum Gasteiger partial charge on any atom is 0.213 e. The highest BCUT2D eigenvalue weighted by Gasteiger charge is 2.02. The van der Waals surface area contributed by atoms with E-state index in [1.165, 1.54) is 5.69 Å². The third kappa shape index (κ3) is 8.45. The Kier molecular flexibility index (Phi) is 11.5. The molecule has 0 fully saturated rings.